The molecule has 20 heavy (non-hydrogen) atoms. The van der Waals surface area contributed by atoms with Gasteiger partial charge in [0.15, 0.2) is 0 Å². The SMILES string of the molecule is CCCNc1nc(C)nc(NCC(O)(CC)CC)c1C. The number of anilines is 2. The summed E-state index contributed by atoms with van der Waals surface area (Å²) in [5, 5.41) is 16.9. The number of aromatic nitrogens is 2. The maximum absolute atomic E-state index is 10.3. The molecule has 0 saturated heterocycles. The highest BCUT2D eigenvalue weighted by Gasteiger charge is 2.22. The number of hydrogen-bond acceptors (Lipinski definition) is 5. The molecule has 0 spiro atoms. The van der Waals surface area contributed by atoms with Crippen molar-refractivity contribution in [3.63, 3.8) is 0 Å². The minimum atomic E-state index is -0.678. The first-order chi connectivity index (χ1) is 9.45. The standard InChI is InChI=1S/C15H28N4O/c1-6-9-16-13-11(4)14(19-12(5)18-13)17-10-15(20,7-2)8-3/h20H,6-10H2,1-5H3,(H2,16,17,18,19). The summed E-state index contributed by atoms with van der Waals surface area (Å²) in [6.07, 6.45) is 2.50. The van der Waals surface area contributed by atoms with Gasteiger partial charge in [-0.2, -0.15) is 0 Å². The van der Waals surface area contributed by atoms with E-state index in [2.05, 4.69) is 27.5 Å². The van der Waals surface area contributed by atoms with Gasteiger partial charge in [0.2, 0.25) is 0 Å². The first-order valence-electron chi connectivity index (χ1n) is 7.51. The molecular formula is C15H28N4O. The normalized spacial score (nSPS) is 11.5. The molecule has 0 aliphatic carbocycles. The quantitative estimate of drug-likeness (QED) is 0.683. The highest BCUT2D eigenvalue weighted by atomic mass is 16.3. The molecular weight excluding hydrogens is 252 g/mol. The first kappa shape index (κ1) is 16.7. The molecule has 1 rings (SSSR count). The third-order valence-corrected chi connectivity index (χ3v) is 3.70. The summed E-state index contributed by atoms with van der Waals surface area (Å²) in [4.78, 5) is 8.87. The van der Waals surface area contributed by atoms with E-state index < -0.39 is 5.60 Å². The van der Waals surface area contributed by atoms with Crippen LogP contribution in [0.1, 0.15) is 51.4 Å². The molecule has 114 valence electrons. The maximum atomic E-state index is 10.3. The van der Waals surface area contributed by atoms with Crippen molar-refractivity contribution in [1.82, 2.24) is 9.97 Å². The summed E-state index contributed by atoms with van der Waals surface area (Å²) < 4.78 is 0. The van der Waals surface area contributed by atoms with Gasteiger partial charge in [-0.05, 0) is 33.1 Å². The van der Waals surface area contributed by atoms with Crippen LogP contribution in [0.25, 0.3) is 0 Å². The molecule has 0 unspecified atom stereocenters. The summed E-state index contributed by atoms with van der Waals surface area (Å²) in [5.41, 5.74) is 0.320. The molecule has 0 bridgehead atoms. The van der Waals surface area contributed by atoms with Gasteiger partial charge in [0.05, 0.1) is 5.60 Å². The Morgan fingerprint density at radius 3 is 2.05 bits per heavy atom. The second-order valence-corrected chi connectivity index (χ2v) is 5.30. The largest absolute Gasteiger partial charge is 0.388 e. The van der Waals surface area contributed by atoms with E-state index in [1.165, 1.54) is 0 Å². The third kappa shape index (κ3) is 4.34. The minimum absolute atomic E-state index is 0.504. The second kappa shape index (κ2) is 7.43. The smallest absolute Gasteiger partial charge is 0.134 e. The van der Waals surface area contributed by atoms with Gasteiger partial charge in [-0.3, -0.25) is 0 Å². The predicted molar refractivity (Wildman–Crippen MR) is 84.3 cm³/mol. The van der Waals surface area contributed by atoms with E-state index in [1.807, 2.05) is 27.7 Å². The lowest BCUT2D eigenvalue weighted by atomic mass is 9.97. The van der Waals surface area contributed by atoms with Crippen LogP contribution in [0.4, 0.5) is 11.6 Å². The van der Waals surface area contributed by atoms with E-state index in [0.717, 1.165) is 48.8 Å². The average molecular weight is 280 g/mol. The predicted octanol–water partition coefficient (Wildman–Crippen LogP) is 2.88. The molecule has 1 aromatic rings. The van der Waals surface area contributed by atoms with Gasteiger partial charge in [-0.25, -0.2) is 9.97 Å². The second-order valence-electron chi connectivity index (χ2n) is 5.30. The van der Waals surface area contributed by atoms with E-state index in [4.69, 9.17) is 0 Å². The van der Waals surface area contributed by atoms with Gasteiger partial charge < -0.3 is 15.7 Å². The number of nitrogens with zero attached hydrogens (tertiary/aromatic N) is 2. The van der Waals surface area contributed by atoms with Gasteiger partial charge >= 0.3 is 0 Å². The molecule has 3 N–H and O–H groups in total. The zero-order valence-corrected chi connectivity index (χ0v) is 13.4. The molecule has 5 heteroatoms. The van der Waals surface area contributed by atoms with Crippen molar-refractivity contribution >= 4 is 11.6 Å². The Morgan fingerprint density at radius 2 is 1.55 bits per heavy atom. The Labute approximate surface area is 122 Å². The zero-order chi connectivity index (χ0) is 15.2. The molecule has 1 heterocycles. The number of hydrogen-bond donors (Lipinski definition) is 3. The van der Waals surface area contributed by atoms with E-state index in [0.29, 0.717) is 6.54 Å². The highest BCUT2D eigenvalue weighted by molar-refractivity contribution is 5.57. The fraction of sp³-hybridized carbons (Fsp3) is 0.733. The van der Waals surface area contributed by atoms with E-state index >= 15 is 0 Å². The Bertz CT molecular complexity index is 430. The maximum Gasteiger partial charge on any atom is 0.134 e. The molecule has 0 aromatic carbocycles. The van der Waals surface area contributed by atoms with Crippen molar-refractivity contribution in [2.24, 2.45) is 0 Å². The van der Waals surface area contributed by atoms with E-state index in [9.17, 15) is 5.11 Å². The highest BCUT2D eigenvalue weighted by Crippen LogP contribution is 2.22. The molecule has 0 fully saturated rings. The molecule has 5 nitrogen and oxygen atoms in total. The molecule has 0 atom stereocenters. The van der Waals surface area contributed by atoms with E-state index in [1.54, 1.807) is 0 Å². The number of rotatable bonds is 8. The van der Waals surface area contributed by atoms with Crippen molar-refractivity contribution in [3.8, 4) is 0 Å². The van der Waals surface area contributed by atoms with Gasteiger partial charge in [0.1, 0.15) is 17.5 Å². The van der Waals surface area contributed by atoms with Crippen LogP contribution in [0, 0.1) is 13.8 Å². The Kier molecular flexibility index (Phi) is 6.20. The monoisotopic (exact) mass is 280 g/mol. The van der Waals surface area contributed by atoms with Crippen LogP contribution in [-0.4, -0.2) is 33.8 Å². The van der Waals surface area contributed by atoms with Gasteiger partial charge in [0, 0.05) is 18.7 Å². The lowest BCUT2D eigenvalue weighted by Crippen LogP contribution is -2.35. The summed E-state index contributed by atoms with van der Waals surface area (Å²) in [7, 11) is 0. The van der Waals surface area contributed by atoms with Crippen LogP contribution >= 0.6 is 0 Å². The Morgan fingerprint density at radius 1 is 1.00 bits per heavy atom. The van der Waals surface area contributed by atoms with Crippen molar-refractivity contribution in [1.29, 1.82) is 0 Å². The van der Waals surface area contributed by atoms with Gasteiger partial charge in [-0.1, -0.05) is 20.8 Å². The summed E-state index contributed by atoms with van der Waals surface area (Å²) in [5.74, 6) is 2.41. The number of aryl methyl sites for hydroxylation is 1. The molecule has 1 aromatic heterocycles. The zero-order valence-electron chi connectivity index (χ0n) is 13.4. The Hall–Kier alpha value is -1.36. The van der Waals surface area contributed by atoms with Crippen LogP contribution in [0.5, 0.6) is 0 Å². The minimum Gasteiger partial charge on any atom is -0.388 e. The average Bonchev–Trinajstić information content (AvgIpc) is 2.45. The third-order valence-electron chi connectivity index (χ3n) is 3.70. The fourth-order valence-electron chi connectivity index (χ4n) is 1.96. The van der Waals surface area contributed by atoms with Crippen LogP contribution in [-0.2, 0) is 0 Å². The van der Waals surface area contributed by atoms with Crippen molar-refractivity contribution < 1.29 is 5.11 Å². The molecule has 0 saturated carbocycles. The van der Waals surface area contributed by atoms with Crippen LogP contribution in [0.2, 0.25) is 0 Å². The Balaban J connectivity index is 2.87. The van der Waals surface area contributed by atoms with E-state index in [-0.39, 0.29) is 0 Å². The van der Waals surface area contributed by atoms with Gasteiger partial charge in [-0.15, -0.1) is 0 Å². The topological polar surface area (TPSA) is 70.1 Å². The fourth-order valence-corrected chi connectivity index (χ4v) is 1.96. The summed E-state index contributed by atoms with van der Waals surface area (Å²) in [6.45, 7) is 11.4. The lowest BCUT2D eigenvalue weighted by molar-refractivity contribution is 0.0456. The van der Waals surface area contributed by atoms with Crippen LogP contribution in [0.3, 0.4) is 0 Å². The molecule has 0 aliphatic heterocycles. The lowest BCUT2D eigenvalue weighted by Gasteiger charge is -2.26. The van der Waals surface area contributed by atoms with Crippen LogP contribution in [0.15, 0.2) is 0 Å². The molecule has 0 aliphatic rings. The molecule has 0 radical (unpaired) electrons. The van der Waals surface area contributed by atoms with Crippen LogP contribution < -0.4 is 10.6 Å². The number of nitrogens with one attached hydrogen (secondary N) is 2. The van der Waals surface area contributed by atoms with Crippen molar-refractivity contribution in [2.75, 3.05) is 23.7 Å². The molecule has 0 amide bonds. The van der Waals surface area contributed by atoms with Crippen molar-refractivity contribution in [3.05, 3.63) is 11.4 Å². The van der Waals surface area contributed by atoms with Crippen molar-refractivity contribution in [2.45, 2.75) is 59.5 Å². The summed E-state index contributed by atoms with van der Waals surface area (Å²) in [6, 6.07) is 0. The van der Waals surface area contributed by atoms with Gasteiger partial charge in [0.25, 0.3) is 0 Å². The summed E-state index contributed by atoms with van der Waals surface area (Å²) >= 11 is 0. The number of aliphatic hydroxyl groups is 1. The first-order valence-corrected chi connectivity index (χ1v) is 7.51.